The van der Waals surface area contributed by atoms with E-state index in [0.717, 1.165) is 25.7 Å². The summed E-state index contributed by atoms with van der Waals surface area (Å²) in [6.07, 6.45) is 22.8. The number of carbonyl (C=O) groups is 3. The Balaban J connectivity index is 1.51. The van der Waals surface area contributed by atoms with E-state index in [4.69, 9.17) is 9.47 Å². The Morgan fingerprint density at radius 2 is 1.47 bits per heavy atom. The number of ether oxygens (including phenoxy) is 2. The van der Waals surface area contributed by atoms with Crippen molar-refractivity contribution in [2.45, 2.75) is 162 Å². The van der Waals surface area contributed by atoms with Crippen LogP contribution in [0.15, 0.2) is 12.2 Å². The second kappa shape index (κ2) is 20.2. The average molecular weight is 606 g/mol. The third-order valence-electron chi connectivity index (χ3n) is 8.68. The Kier molecular flexibility index (Phi) is 17.5. The Hall–Kier alpha value is -1.93. The fourth-order valence-electron chi connectivity index (χ4n) is 5.90. The quantitative estimate of drug-likeness (QED) is 0.111. The number of likely N-dealkylation sites (tertiary alicyclic amines) is 1. The summed E-state index contributed by atoms with van der Waals surface area (Å²) in [7, 11) is 0. The number of nitrogens with one attached hydrogen (secondary N) is 2. The largest absolute Gasteiger partial charge is 0.354 e. The van der Waals surface area contributed by atoms with Crippen molar-refractivity contribution in [2.24, 2.45) is 5.41 Å². The molecule has 2 heterocycles. The molecule has 2 atom stereocenters. The zero-order valence-electron chi connectivity index (χ0n) is 28.1. The van der Waals surface area contributed by atoms with Crippen molar-refractivity contribution >= 4 is 17.7 Å². The first-order valence-corrected chi connectivity index (χ1v) is 17.4. The van der Waals surface area contributed by atoms with Crippen molar-refractivity contribution in [3.05, 3.63) is 12.2 Å². The Morgan fingerprint density at radius 3 is 2.14 bits per heavy atom. The molecule has 8 heteroatoms. The van der Waals surface area contributed by atoms with Gasteiger partial charge in [0.15, 0.2) is 5.79 Å². The lowest BCUT2D eigenvalue weighted by molar-refractivity contribution is -0.304. The number of unbranched alkanes of at least 4 members (excludes halogenated alkanes) is 11. The van der Waals surface area contributed by atoms with Crippen LogP contribution < -0.4 is 10.6 Å². The maximum absolute atomic E-state index is 12.9. The van der Waals surface area contributed by atoms with Gasteiger partial charge < -0.3 is 25.0 Å². The monoisotopic (exact) mass is 605 g/mol. The van der Waals surface area contributed by atoms with Gasteiger partial charge in [0, 0.05) is 43.9 Å². The predicted octanol–water partition coefficient (Wildman–Crippen LogP) is 6.82. The van der Waals surface area contributed by atoms with Crippen LogP contribution in [0.1, 0.15) is 144 Å². The van der Waals surface area contributed by atoms with Crippen molar-refractivity contribution in [1.82, 2.24) is 15.5 Å². The van der Waals surface area contributed by atoms with E-state index in [0.29, 0.717) is 26.1 Å². The van der Waals surface area contributed by atoms with Gasteiger partial charge in [-0.25, -0.2) is 0 Å². The molecule has 0 spiro atoms. The molecule has 0 aliphatic carbocycles. The van der Waals surface area contributed by atoms with E-state index in [1.54, 1.807) is 13.8 Å². The van der Waals surface area contributed by atoms with Crippen molar-refractivity contribution in [3.63, 3.8) is 0 Å². The average Bonchev–Trinajstić information content (AvgIpc) is 3.44. The third-order valence-corrected chi connectivity index (χ3v) is 8.68. The molecule has 8 nitrogen and oxygen atoms in total. The second-order valence-electron chi connectivity index (χ2n) is 13.7. The van der Waals surface area contributed by atoms with Gasteiger partial charge in [0.25, 0.3) is 0 Å². The standard InChI is InChI=1S/C35H63N3O5/c1-6-7-8-9-10-11-12-13-14-15-16-17-18-19-20-23-30(39)37-27-29-22-21-26-38(29)31(40)24-25-36-33(41)32-34(2,3)28-42-35(4,5)43-32/h13-14,29,32H,6-12,15-28H2,1-5H3,(H,36,41)(H,37,39)/b14-13-/t29-,32?/m1/s1. The van der Waals surface area contributed by atoms with Gasteiger partial charge in [-0.05, 0) is 58.8 Å². The number of rotatable bonds is 21. The van der Waals surface area contributed by atoms with E-state index in [-0.39, 0.29) is 36.7 Å². The summed E-state index contributed by atoms with van der Waals surface area (Å²) in [4.78, 5) is 40.0. The van der Waals surface area contributed by atoms with Crippen LogP contribution in [0.25, 0.3) is 0 Å². The third kappa shape index (κ3) is 15.1. The first-order chi connectivity index (χ1) is 20.6. The molecule has 2 saturated heterocycles. The van der Waals surface area contributed by atoms with Gasteiger partial charge in [-0.1, -0.05) is 84.3 Å². The smallest absolute Gasteiger partial charge is 0.249 e. The van der Waals surface area contributed by atoms with Gasteiger partial charge >= 0.3 is 0 Å². The summed E-state index contributed by atoms with van der Waals surface area (Å²) >= 11 is 0. The highest BCUT2D eigenvalue weighted by molar-refractivity contribution is 5.83. The van der Waals surface area contributed by atoms with E-state index in [1.165, 1.54) is 70.6 Å². The highest BCUT2D eigenvalue weighted by Gasteiger charge is 2.45. The molecule has 2 aliphatic heterocycles. The molecule has 0 aromatic rings. The molecule has 2 aliphatic rings. The van der Waals surface area contributed by atoms with Crippen LogP contribution in [0.3, 0.4) is 0 Å². The molecular formula is C35H63N3O5. The molecule has 3 amide bonds. The molecule has 43 heavy (non-hydrogen) atoms. The number of hydrogen-bond acceptors (Lipinski definition) is 5. The summed E-state index contributed by atoms with van der Waals surface area (Å²) in [5.41, 5.74) is -0.452. The minimum absolute atomic E-state index is 0.0155. The molecular weight excluding hydrogens is 542 g/mol. The van der Waals surface area contributed by atoms with Gasteiger partial charge in [0.2, 0.25) is 17.7 Å². The van der Waals surface area contributed by atoms with E-state index >= 15 is 0 Å². The molecule has 0 aromatic heterocycles. The van der Waals surface area contributed by atoms with Crippen LogP contribution in [-0.4, -0.2) is 66.8 Å². The molecule has 1 unspecified atom stereocenters. The molecule has 2 N–H and O–H groups in total. The highest BCUT2D eigenvalue weighted by atomic mass is 16.7. The van der Waals surface area contributed by atoms with Crippen LogP contribution in [0.4, 0.5) is 0 Å². The van der Waals surface area contributed by atoms with Crippen molar-refractivity contribution < 1.29 is 23.9 Å². The number of amides is 3. The first kappa shape index (κ1) is 37.3. The zero-order chi connectivity index (χ0) is 31.6. The van der Waals surface area contributed by atoms with E-state index in [9.17, 15) is 14.4 Å². The lowest BCUT2D eigenvalue weighted by atomic mass is 9.85. The molecule has 0 radical (unpaired) electrons. The first-order valence-electron chi connectivity index (χ1n) is 17.4. The number of hydrogen-bond donors (Lipinski definition) is 2. The lowest BCUT2D eigenvalue weighted by Gasteiger charge is -2.44. The second-order valence-corrected chi connectivity index (χ2v) is 13.7. The van der Waals surface area contributed by atoms with Crippen molar-refractivity contribution in [2.75, 3.05) is 26.2 Å². The Morgan fingerprint density at radius 1 is 0.837 bits per heavy atom. The van der Waals surface area contributed by atoms with Crippen LogP contribution in [-0.2, 0) is 23.9 Å². The fraction of sp³-hybridized carbons (Fsp3) is 0.857. The minimum Gasteiger partial charge on any atom is -0.354 e. The summed E-state index contributed by atoms with van der Waals surface area (Å²) in [5, 5.41) is 5.94. The SMILES string of the molecule is CCCCCCCC/C=C\CCCCCCCC(=O)NC[C@H]1CCCN1C(=O)CCNC(=O)C1OC(C)(C)OCC1(C)C. The normalized spacial score (nSPS) is 21.3. The van der Waals surface area contributed by atoms with E-state index in [1.807, 2.05) is 18.7 Å². The minimum atomic E-state index is -0.815. The van der Waals surface area contributed by atoms with Crippen LogP contribution >= 0.6 is 0 Å². The summed E-state index contributed by atoms with van der Waals surface area (Å²) in [6.45, 7) is 11.6. The topological polar surface area (TPSA) is 97.0 Å². The molecule has 2 fully saturated rings. The van der Waals surface area contributed by atoms with E-state index < -0.39 is 17.3 Å². The molecule has 0 saturated carbocycles. The van der Waals surface area contributed by atoms with Crippen molar-refractivity contribution in [1.29, 1.82) is 0 Å². The van der Waals surface area contributed by atoms with Gasteiger partial charge in [0.1, 0.15) is 6.10 Å². The van der Waals surface area contributed by atoms with Gasteiger partial charge in [-0.15, -0.1) is 0 Å². The number of carbonyl (C=O) groups excluding carboxylic acids is 3. The Labute approximate surface area is 262 Å². The number of allylic oxidation sites excluding steroid dienone is 2. The molecule has 0 aromatic carbocycles. The predicted molar refractivity (Wildman–Crippen MR) is 174 cm³/mol. The zero-order valence-corrected chi connectivity index (χ0v) is 28.1. The maximum atomic E-state index is 12.9. The van der Waals surface area contributed by atoms with Crippen LogP contribution in [0, 0.1) is 5.41 Å². The van der Waals surface area contributed by atoms with Gasteiger partial charge in [0.05, 0.1) is 6.61 Å². The number of nitrogens with zero attached hydrogens (tertiary/aromatic N) is 1. The molecule has 0 bridgehead atoms. The molecule has 2 rings (SSSR count). The van der Waals surface area contributed by atoms with Crippen LogP contribution in [0.5, 0.6) is 0 Å². The Bertz CT molecular complexity index is 856. The molecule has 248 valence electrons. The highest BCUT2D eigenvalue weighted by Crippen LogP contribution is 2.34. The lowest BCUT2D eigenvalue weighted by Crippen LogP contribution is -2.56. The van der Waals surface area contributed by atoms with Gasteiger partial charge in [-0.2, -0.15) is 0 Å². The van der Waals surface area contributed by atoms with E-state index in [2.05, 4.69) is 29.7 Å². The van der Waals surface area contributed by atoms with Crippen LogP contribution in [0.2, 0.25) is 0 Å². The van der Waals surface area contributed by atoms with Gasteiger partial charge in [-0.3, -0.25) is 14.4 Å². The maximum Gasteiger partial charge on any atom is 0.249 e. The fourth-order valence-corrected chi connectivity index (χ4v) is 5.90. The summed E-state index contributed by atoms with van der Waals surface area (Å²) in [5.74, 6) is -0.937. The summed E-state index contributed by atoms with van der Waals surface area (Å²) < 4.78 is 11.6. The summed E-state index contributed by atoms with van der Waals surface area (Å²) in [6, 6.07) is 0.0276. The van der Waals surface area contributed by atoms with Crippen molar-refractivity contribution in [3.8, 4) is 0 Å².